The van der Waals surface area contributed by atoms with Crippen LogP contribution >= 0.6 is 0 Å². The molecule has 0 heterocycles. The van der Waals surface area contributed by atoms with Gasteiger partial charge in [0.05, 0.1) is 10.6 Å². The lowest BCUT2D eigenvalue weighted by atomic mass is 10.1. The summed E-state index contributed by atoms with van der Waals surface area (Å²) in [6.07, 6.45) is 1.64. The third-order valence-corrected chi connectivity index (χ3v) is 6.34. The number of hydrogen-bond donors (Lipinski definition) is 2. The Labute approximate surface area is 180 Å². The number of amides is 1. The van der Waals surface area contributed by atoms with Crippen LogP contribution in [0.2, 0.25) is 0 Å². The van der Waals surface area contributed by atoms with Gasteiger partial charge in [-0.1, -0.05) is 24.3 Å². The Bertz CT molecular complexity index is 1240. The molecule has 0 aromatic heterocycles. The number of anilines is 1. The van der Waals surface area contributed by atoms with E-state index in [9.17, 15) is 17.6 Å². The van der Waals surface area contributed by atoms with E-state index >= 15 is 0 Å². The van der Waals surface area contributed by atoms with E-state index in [2.05, 4.69) is 10.0 Å². The first-order valence-corrected chi connectivity index (χ1v) is 11.3. The lowest BCUT2D eigenvalue weighted by Crippen LogP contribution is -2.26. The summed E-state index contributed by atoms with van der Waals surface area (Å²) in [5.74, 6) is -0.292. The van der Waals surface area contributed by atoms with Crippen LogP contribution in [0.5, 0.6) is 11.5 Å². The fraction of sp³-hybridized carbons (Fsp3) is 0.174. The summed E-state index contributed by atoms with van der Waals surface area (Å²) in [6, 6.07) is 16.8. The fourth-order valence-electron chi connectivity index (χ4n) is 3.01. The maximum atomic E-state index is 13.5. The van der Waals surface area contributed by atoms with Crippen molar-refractivity contribution in [3.8, 4) is 11.5 Å². The molecule has 0 bridgehead atoms. The zero-order chi connectivity index (χ0) is 22.0. The van der Waals surface area contributed by atoms with E-state index in [0.717, 1.165) is 12.8 Å². The summed E-state index contributed by atoms with van der Waals surface area (Å²) >= 11 is 0. The molecular weight excluding hydrogens is 419 g/mol. The summed E-state index contributed by atoms with van der Waals surface area (Å²) < 4.78 is 46.8. The second-order valence-corrected chi connectivity index (χ2v) is 9.10. The van der Waals surface area contributed by atoms with Gasteiger partial charge in [-0.25, -0.2) is 17.5 Å². The molecule has 2 N–H and O–H groups in total. The molecule has 1 amide bonds. The van der Waals surface area contributed by atoms with Crippen molar-refractivity contribution in [2.24, 2.45) is 0 Å². The van der Waals surface area contributed by atoms with E-state index in [4.69, 9.17) is 4.74 Å². The number of para-hydroxylation sites is 2. The standard InChI is InChI=1S/C23H21FN2O4S/c1-15-9-12-19(31(28,29)26-17-10-11-17)14-20(15)23(27)25-21-7-2-3-8-22(21)30-18-6-4-5-16(24)13-18/h2-9,12-14,17,26H,10-11H2,1H3,(H,25,27). The van der Waals surface area contributed by atoms with Crippen molar-refractivity contribution in [2.45, 2.75) is 30.7 Å². The molecule has 0 radical (unpaired) electrons. The first-order chi connectivity index (χ1) is 14.8. The van der Waals surface area contributed by atoms with Gasteiger partial charge in [-0.3, -0.25) is 4.79 Å². The number of nitrogens with one attached hydrogen (secondary N) is 2. The second kappa shape index (κ2) is 8.49. The molecule has 0 atom stereocenters. The van der Waals surface area contributed by atoms with E-state index in [1.165, 1.54) is 30.3 Å². The summed E-state index contributed by atoms with van der Waals surface area (Å²) in [6.45, 7) is 1.73. The van der Waals surface area contributed by atoms with Crippen LogP contribution in [0.25, 0.3) is 0 Å². The van der Waals surface area contributed by atoms with Crippen LogP contribution in [-0.4, -0.2) is 20.4 Å². The Kier molecular flexibility index (Phi) is 5.75. The van der Waals surface area contributed by atoms with Crippen LogP contribution in [0.4, 0.5) is 10.1 Å². The average molecular weight is 440 g/mol. The van der Waals surface area contributed by atoms with Crippen molar-refractivity contribution in [3.63, 3.8) is 0 Å². The van der Waals surface area contributed by atoms with E-state index in [1.807, 2.05) is 0 Å². The van der Waals surface area contributed by atoms with Crippen LogP contribution < -0.4 is 14.8 Å². The first-order valence-electron chi connectivity index (χ1n) is 9.78. The topological polar surface area (TPSA) is 84.5 Å². The molecule has 8 heteroatoms. The molecule has 1 aliphatic carbocycles. The van der Waals surface area contributed by atoms with Gasteiger partial charge in [0.2, 0.25) is 10.0 Å². The molecule has 160 valence electrons. The predicted molar refractivity (Wildman–Crippen MR) is 115 cm³/mol. The summed E-state index contributed by atoms with van der Waals surface area (Å²) in [4.78, 5) is 13.0. The van der Waals surface area contributed by atoms with Crippen LogP contribution in [-0.2, 0) is 10.0 Å². The van der Waals surface area contributed by atoms with Gasteiger partial charge in [0, 0.05) is 17.7 Å². The molecule has 1 aliphatic rings. The molecule has 3 aromatic carbocycles. The largest absolute Gasteiger partial charge is 0.455 e. The van der Waals surface area contributed by atoms with Crippen LogP contribution in [0.3, 0.4) is 0 Å². The molecule has 0 spiro atoms. The molecule has 0 unspecified atom stereocenters. The van der Waals surface area contributed by atoms with Crippen molar-refractivity contribution in [1.29, 1.82) is 0 Å². The molecule has 0 saturated heterocycles. The Hall–Kier alpha value is -3.23. The van der Waals surface area contributed by atoms with E-state index < -0.39 is 21.7 Å². The Morgan fingerprint density at radius 1 is 1.03 bits per heavy atom. The molecule has 31 heavy (non-hydrogen) atoms. The first kappa shape index (κ1) is 21.0. The summed E-state index contributed by atoms with van der Waals surface area (Å²) in [7, 11) is -3.69. The maximum absolute atomic E-state index is 13.5. The number of ether oxygens (including phenoxy) is 1. The Morgan fingerprint density at radius 2 is 1.81 bits per heavy atom. The highest BCUT2D eigenvalue weighted by Gasteiger charge is 2.28. The zero-order valence-electron chi connectivity index (χ0n) is 16.8. The van der Waals surface area contributed by atoms with E-state index in [-0.39, 0.29) is 22.3 Å². The van der Waals surface area contributed by atoms with Gasteiger partial charge in [0.15, 0.2) is 5.75 Å². The molecule has 4 rings (SSSR count). The van der Waals surface area contributed by atoms with E-state index in [1.54, 1.807) is 43.3 Å². The van der Waals surface area contributed by atoms with E-state index in [0.29, 0.717) is 17.0 Å². The molecule has 1 saturated carbocycles. The van der Waals surface area contributed by atoms with Gasteiger partial charge in [0.1, 0.15) is 11.6 Å². The number of rotatable bonds is 7. The zero-order valence-corrected chi connectivity index (χ0v) is 17.6. The molecular formula is C23H21FN2O4S. The van der Waals surface area contributed by atoms with Crippen molar-refractivity contribution >= 4 is 21.6 Å². The third-order valence-electron chi connectivity index (χ3n) is 4.82. The van der Waals surface area contributed by atoms with Gasteiger partial charge in [-0.2, -0.15) is 0 Å². The average Bonchev–Trinajstić information content (AvgIpc) is 3.53. The van der Waals surface area contributed by atoms with Crippen molar-refractivity contribution in [1.82, 2.24) is 4.72 Å². The minimum atomic E-state index is -3.69. The maximum Gasteiger partial charge on any atom is 0.256 e. The third kappa shape index (κ3) is 5.10. The smallest absolute Gasteiger partial charge is 0.256 e. The highest BCUT2D eigenvalue weighted by Crippen LogP contribution is 2.30. The van der Waals surface area contributed by atoms with Crippen molar-refractivity contribution in [2.75, 3.05) is 5.32 Å². The van der Waals surface area contributed by atoms with Crippen LogP contribution in [0.1, 0.15) is 28.8 Å². The van der Waals surface area contributed by atoms with Crippen molar-refractivity contribution < 1.29 is 22.3 Å². The SMILES string of the molecule is Cc1ccc(S(=O)(=O)NC2CC2)cc1C(=O)Nc1ccccc1Oc1cccc(F)c1. The Morgan fingerprint density at radius 3 is 2.55 bits per heavy atom. The molecule has 6 nitrogen and oxygen atoms in total. The Balaban J connectivity index is 1.58. The second-order valence-electron chi connectivity index (χ2n) is 7.38. The lowest BCUT2D eigenvalue weighted by molar-refractivity contribution is 0.102. The number of sulfonamides is 1. The number of carbonyl (C=O) groups excluding carboxylic acids is 1. The number of aryl methyl sites for hydroxylation is 1. The summed E-state index contributed by atoms with van der Waals surface area (Å²) in [5.41, 5.74) is 1.24. The monoisotopic (exact) mass is 440 g/mol. The molecule has 3 aromatic rings. The predicted octanol–water partition coefficient (Wildman–Crippen LogP) is 4.62. The molecule has 1 fully saturated rings. The quantitative estimate of drug-likeness (QED) is 0.562. The minimum Gasteiger partial charge on any atom is -0.455 e. The minimum absolute atomic E-state index is 0.0320. The van der Waals surface area contributed by atoms with Crippen LogP contribution in [0.15, 0.2) is 71.6 Å². The van der Waals surface area contributed by atoms with Crippen molar-refractivity contribution in [3.05, 3.63) is 83.7 Å². The normalized spacial score (nSPS) is 13.6. The fourth-order valence-corrected chi connectivity index (χ4v) is 4.34. The highest BCUT2D eigenvalue weighted by atomic mass is 32.2. The van der Waals surface area contributed by atoms with Gasteiger partial charge in [0.25, 0.3) is 5.91 Å². The summed E-state index contributed by atoms with van der Waals surface area (Å²) in [5, 5.41) is 2.76. The molecule has 0 aliphatic heterocycles. The van der Waals surface area contributed by atoms with Gasteiger partial charge in [-0.15, -0.1) is 0 Å². The number of benzene rings is 3. The number of halogens is 1. The number of carbonyl (C=O) groups is 1. The van der Waals surface area contributed by atoms with Gasteiger partial charge in [-0.05, 0) is 61.7 Å². The van der Waals surface area contributed by atoms with Gasteiger partial charge < -0.3 is 10.1 Å². The lowest BCUT2D eigenvalue weighted by Gasteiger charge is -2.14. The van der Waals surface area contributed by atoms with Crippen LogP contribution in [0, 0.1) is 12.7 Å². The van der Waals surface area contributed by atoms with Gasteiger partial charge >= 0.3 is 0 Å². The number of hydrogen-bond acceptors (Lipinski definition) is 4. The highest BCUT2D eigenvalue weighted by molar-refractivity contribution is 7.89.